The van der Waals surface area contributed by atoms with E-state index in [1.807, 2.05) is 12.2 Å². The van der Waals surface area contributed by atoms with Gasteiger partial charge >= 0.3 is 0 Å². The van der Waals surface area contributed by atoms with Crippen LogP contribution in [0.4, 0.5) is 0 Å². The first kappa shape index (κ1) is 7.24. The third-order valence-electron chi connectivity index (χ3n) is 0.680. The van der Waals surface area contributed by atoms with Crippen molar-refractivity contribution in [1.82, 2.24) is 0 Å². The number of rotatable bonds is 3. The van der Waals surface area contributed by atoms with Crippen LogP contribution in [0.25, 0.3) is 0 Å². The Labute approximate surface area is 49.3 Å². The van der Waals surface area contributed by atoms with Crippen molar-refractivity contribution in [1.29, 1.82) is 0 Å². The van der Waals surface area contributed by atoms with E-state index in [0.29, 0.717) is 6.54 Å². The van der Waals surface area contributed by atoms with E-state index >= 15 is 0 Å². The van der Waals surface area contributed by atoms with E-state index in [0.717, 1.165) is 12.7 Å². The zero-order valence-corrected chi connectivity index (χ0v) is 4.75. The molecule has 2 nitrogen and oxygen atoms in total. The molecule has 0 aromatic heterocycles. The quantitative estimate of drug-likeness (QED) is 0.423. The highest BCUT2D eigenvalue weighted by atomic mass is 16.2. The second kappa shape index (κ2) is 6.24. The maximum absolute atomic E-state index is 8.12. The second-order valence-corrected chi connectivity index (χ2v) is 1.33. The zero-order valence-electron chi connectivity index (χ0n) is 4.75. The molecule has 0 aliphatic carbocycles. The van der Waals surface area contributed by atoms with Crippen LogP contribution in [0.5, 0.6) is 0 Å². The van der Waals surface area contributed by atoms with Gasteiger partial charge in [0, 0.05) is 6.54 Å². The van der Waals surface area contributed by atoms with Crippen molar-refractivity contribution in [3.8, 4) is 0 Å². The van der Waals surface area contributed by atoms with Crippen molar-refractivity contribution in [2.24, 2.45) is 5.73 Å². The fourth-order valence-corrected chi connectivity index (χ4v) is 0.332. The number of allylic oxidation sites excluding steroid dienone is 2. The lowest BCUT2D eigenvalue weighted by atomic mass is 10.4. The van der Waals surface area contributed by atoms with E-state index < -0.39 is 0 Å². The molecule has 0 amide bonds. The SMILES string of the molecule is NCC=CCC=CO. The third-order valence-corrected chi connectivity index (χ3v) is 0.680. The molecule has 0 unspecified atom stereocenters. The summed E-state index contributed by atoms with van der Waals surface area (Å²) in [5.41, 5.74) is 5.14. The van der Waals surface area contributed by atoms with Crippen LogP contribution in [0.2, 0.25) is 0 Å². The van der Waals surface area contributed by atoms with Crippen molar-refractivity contribution >= 4 is 0 Å². The molecule has 0 atom stereocenters. The first-order valence-electron chi connectivity index (χ1n) is 2.56. The molecule has 0 saturated heterocycles. The number of aliphatic hydroxyl groups excluding tert-OH is 1. The lowest BCUT2D eigenvalue weighted by molar-refractivity contribution is 0.471. The Morgan fingerprint density at radius 2 is 2.00 bits per heavy atom. The highest BCUT2D eigenvalue weighted by Gasteiger charge is 1.66. The molecule has 0 radical (unpaired) electrons. The molecule has 0 aromatic rings. The highest BCUT2D eigenvalue weighted by molar-refractivity contribution is 4.89. The van der Waals surface area contributed by atoms with Gasteiger partial charge in [-0.1, -0.05) is 12.2 Å². The van der Waals surface area contributed by atoms with Crippen molar-refractivity contribution in [3.05, 3.63) is 24.5 Å². The summed E-state index contributed by atoms with van der Waals surface area (Å²) >= 11 is 0. The fraction of sp³-hybridized carbons (Fsp3) is 0.333. The average molecular weight is 113 g/mol. The van der Waals surface area contributed by atoms with Gasteiger partial charge in [0.1, 0.15) is 0 Å². The maximum Gasteiger partial charge on any atom is 0.0754 e. The Morgan fingerprint density at radius 1 is 1.25 bits per heavy atom. The third kappa shape index (κ3) is 5.24. The van der Waals surface area contributed by atoms with E-state index in [4.69, 9.17) is 10.8 Å². The summed E-state index contributed by atoms with van der Waals surface area (Å²) in [5, 5.41) is 8.12. The average Bonchev–Trinajstić information content (AvgIpc) is 1.81. The van der Waals surface area contributed by atoms with E-state index in [-0.39, 0.29) is 0 Å². The molecule has 46 valence electrons. The van der Waals surface area contributed by atoms with Crippen LogP contribution in [0.15, 0.2) is 24.5 Å². The smallest absolute Gasteiger partial charge is 0.0754 e. The normalized spacial score (nSPS) is 11.6. The molecule has 0 aliphatic heterocycles. The van der Waals surface area contributed by atoms with Gasteiger partial charge in [-0.25, -0.2) is 0 Å². The summed E-state index contributed by atoms with van der Waals surface area (Å²) in [4.78, 5) is 0. The summed E-state index contributed by atoms with van der Waals surface area (Å²) in [6, 6.07) is 0. The summed E-state index contributed by atoms with van der Waals surface area (Å²) in [5.74, 6) is 0. The number of aliphatic hydroxyl groups is 1. The molecular weight excluding hydrogens is 102 g/mol. The van der Waals surface area contributed by atoms with Crippen LogP contribution in [-0.4, -0.2) is 11.7 Å². The van der Waals surface area contributed by atoms with E-state index in [1.54, 1.807) is 6.08 Å². The van der Waals surface area contributed by atoms with Crippen LogP contribution in [0.3, 0.4) is 0 Å². The minimum Gasteiger partial charge on any atom is -0.516 e. The van der Waals surface area contributed by atoms with Gasteiger partial charge in [0.15, 0.2) is 0 Å². The molecule has 2 heteroatoms. The standard InChI is InChI=1S/C6H11NO/c7-5-3-1-2-4-6-8/h1,3-4,6,8H,2,5,7H2. The molecule has 0 fully saturated rings. The Hall–Kier alpha value is -0.760. The second-order valence-electron chi connectivity index (χ2n) is 1.33. The van der Waals surface area contributed by atoms with Crippen LogP contribution in [0.1, 0.15) is 6.42 Å². The van der Waals surface area contributed by atoms with Gasteiger partial charge in [-0.3, -0.25) is 0 Å². The lowest BCUT2D eigenvalue weighted by Crippen LogP contribution is -1.91. The monoisotopic (exact) mass is 113 g/mol. The van der Waals surface area contributed by atoms with Crippen LogP contribution < -0.4 is 5.73 Å². The summed E-state index contributed by atoms with van der Waals surface area (Å²) in [6.07, 6.45) is 7.17. The van der Waals surface area contributed by atoms with Gasteiger partial charge in [-0.15, -0.1) is 0 Å². The Bertz CT molecular complexity index is 86.5. The zero-order chi connectivity index (χ0) is 6.24. The largest absolute Gasteiger partial charge is 0.516 e. The Morgan fingerprint density at radius 3 is 2.50 bits per heavy atom. The molecular formula is C6H11NO. The first-order chi connectivity index (χ1) is 3.91. The van der Waals surface area contributed by atoms with Crippen LogP contribution in [-0.2, 0) is 0 Å². The molecule has 0 heterocycles. The van der Waals surface area contributed by atoms with E-state index in [2.05, 4.69) is 0 Å². The number of hydrogen-bond donors (Lipinski definition) is 2. The molecule has 0 saturated carbocycles. The molecule has 0 spiro atoms. The minimum atomic E-state index is 0.569. The minimum absolute atomic E-state index is 0.569. The van der Waals surface area contributed by atoms with Gasteiger partial charge < -0.3 is 10.8 Å². The van der Waals surface area contributed by atoms with Crippen LogP contribution >= 0.6 is 0 Å². The van der Waals surface area contributed by atoms with Crippen molar-refractivity contribution < 1.29 is 5.11 Å². The molecule has 0 aliphatic rings. The predicted molar refractivity (Wildman–Crippen MR) is 34.6 cm³/mol. The van der Waals surface area contributed by atoms with Crippen LogP contribution in [0, 0.1) is 0 Å². The highest BCUT2D eigenvalue weighted by Crippen LogP contribution is 1.81. The van der Waals surface area contributed by atoms with Gasteiger partial charge in [0.25, 0.3) is 0 Å². The van der Waals surface area contributed by atoms with Gasteiger partial charge in [0.2, 0.25) is 0 Å². The van der Waals surface area contributed by atoms with Gasteiger partial charge in [-0.05, 0) is 12.5 Å². The topological polar surface area (TPSA) is 46.2 Å². The summed E-state index contributed by atoms with van der Waals surface area (Å²) in [6.45, 7) is 0.569. The van der Waals surface area contributed by atoms with E-state index in [1.165, 1.54) is 0 Å². The summed E-state index contributed by atoms with van der Waals surface area (Å²) in [7, 11) is 0. The Kier molecular flexibility index (Phi) is 5.65. The number of hydrogen-bond acceptors (Lipinski definition) is 2. The lowest BCUT2D eigenvalue weighted by Gasteiger charge is -1.77. The van der Waals surface area contributed by atoms with Crippen molar-refractivity contribution in [2.45, 2.75) is 6.42 Å². The molecule has 0 rings (SSSR count). The van der Waals surface area contributed by atoms with Gasteiger partial charge in [0.05, 0.1) is 6.26 Å². The summed E-state index contributed by atoms with van der Waals surface area (Å²) < 4.78 is 0. The number of nitrogens with two attached hydrogens (primary N) is 1. The van der Waals surface area contributed by atoms with Crippen molar-refractivity contribution in [2.75, 3.05) is 6.54 Å². The Balaban J connectivity index is 3.03. The molecule has 0 bridgehead atoms. The predicted octanol–water partition coefficient (Wildman–Crippen LogP) is 0.963. The molecule has 8 heavy (non-hydrogen) atoms. The maximum atomic E-state index is 8.12. The van der Waals surface area contributed by atoms with Crippen molar-refractivity contribution in [3.63, 3.8) is 0 Å². The molecule has 0 aromatic carbocycles. The van der Waals surface area contributed by atoms with Gasteiger partial charge in [-0.2, -0.15) is 0 Å². The van der Waals surface area contributed by atoms with E-state index in [9.17, 15) is 0 Å². The molecule has 3 N–H and O–H groups in total. The first-order valence-corrected chi connectivity index (χ1v) is 2.56. The fourth-order valence-electron chi connectivity index (χ4n) is 0.332.